The first-order chi connectivity index (χ1) is 8.68. The monoisotopic (exact) mass is 261 g/mol. The molecule has 2 N–H and O–H groups in total. The number of carboxylic acids is 1. The molecule has 0 fully saturated rings. The van der Waals surface area contributed by atoms with Gasteiger partial charge in [-0.25, -0.2) is 4.79 Å². The Hall–Kier alpha value is -2.00. The van der Waals surface area contributed by atoms with Gasteiger partial charge in [0.1, 0.15) is 0 Å². The highest BCUT2D eigenvalue weighted by Crippen LogP contribution is 2.26. The molecule has 3 nitrogen and oxygen atoms in total. The Labute approximate surface area is 110 Å². The summed E-state index contributed by atoms with van der Waals surface area (Å²) >= 11 is 6.01. The van der Waals surface area contributed by atoms with E-state index in [0.717, 1.165) is 0 Å². The van der Waals surface area contributed by atoms with E-state index in [1.165, 1.54) is 0 Å². The average molecular weight is 262 g/mol. The van der Waals surface area contributed by atoms with Gasteiger partial charge in [-0.05, 0) is 17.7 Å². The van der Waals surface area contributed by atoms with Gasteiger partial charge >= 0.3 is 5.97 Å². The summed E-state index contributed by atoms with van der Waals surface area (Å²) in [4.78, 5) is 11.3. The predicted molar refractivity (Wildman–Crippen MR) is 71.9 cm³/mol. The zero-order chi connectivity index (χ0) is 13.0. The highest BCUT2D eigenvalue weighted by molar-refractivity contribution is 6.33. The highest BCUT2D eigenvalue weighted by atomic mass is 35.5. The molecule has 0 radical (unpaired) electrons. The van der Waals surface area contributed by atoms with Crippen LogP contribution in [0.1, 0.15) is 11.6 Å². The molecule has 0 aliphatic rings. The third-order valence-corrected chi connectivity index (χ3v) is 2.88. The predicted octanol–water partition coefficient (Wildman–Crippen LogP) is 3.58. The molecule has 0 aromatic heterocycles. The van der Waals surface area contributed by atoms with Crippen LogP contribution in [0.25, 0.3) is 0 Å². The number of anilines is 1. The first kappa shape index (κ1) is 12.5. The maximum atomic E-state index is 11.3. The lowest BCUT2D eigenvalue weighted by atomic mass is 10.1. The van der Waals surface area contributed by atoms with Crippen molar-refractivity contribution in [1.82, 2.24) is 0 Å². The van der Waals surface area contributed by atoms with E-state index in [-0.39, 0.29) is 0 Å². The van der Waals surface area contributed by atoms with E-state index in [1.807, 2.05) is 6.07 Å². The molecular formula is C14H12ClNO2. The number of nitrogens with one attached hydrogen (secondary N) is 1. The molecular weight excluding hydrogens is 250 g/mol. The van der Waals surface area contributed by atoms with Crippen molar-refractivity contribution < 1.29 is 9.90 Å². The van der Waals surface area contributed by atoms with Crippen LogP contribution in [0.5, 0.6) is 0 Å². The number of para-hydroxylation sites is 1. The van der Waals surface area contributed by atoms with Gasteiger partial charge in [0.05, 0.1) is 10.7 Å². The molecule has 4 heteroatoms. The van der Waals surface area contributed by atoms with E-state index in [9.17, 15) is 9.90 Å². The molecule has 0 aliphatic carbocycles. The SMILES string of the molecule is O=C(O)C(Nc1ccccc1Cl)c1ccccc1. The molecule has 0 amide bonds. The average Bonchev–Trinajstić information content (AvgIpc) is 2.38. The fourth-order valence-corrected chi connectivity index (χ4v) is 1.86. The van der Waals surface area contributed by atoms with Crippen molar-refractivity contribution in [3.8, 4) is 0 Å². The molecule has 1 atom stereocenters. The Morgan fingerprint density at radius 2 is 1.67 bits per heavy atom. The molecule has 2 aromatic carbocycles. The molecule has 18 heavy (non-hydrogen) atoms. The number of rotatable bonds is 4. The Morgan fingerprint density at radius 3 is 2.28 bits per heavy atom. The van der Waals surface area contributed by atoms with Gasteiger partial charge in [0.25, 0.3) is 0 Å². The molecule has 0 bridgehead atoms. The van der Waals surface area contributed by atoms with Gasteiger partial charge in [0.2, 0.25) is 0 Å². The summed E-state index contributed by atoms with van der Waals surface area (Å²) < 4.78 is 0. The normalized spacial score (nSPS) is 11.8. The van der Waals surface area contributed by atoms with Crippen LogP contribution in [0, 0.1) is 0 Å². The van der Waals surface area contributed by atoms with Gasteiger partial charge in [-0.3, -0.25) is 0 Å². The van der Waals surface area contributed by atoms with Crippen LogP contribution in [0.3, 0.4) is 0 Å². The number of benzene rings is 2. The second-order valence-electron chi connectivity index (χ2n) is 3.81. The Balaban J connectivity index is 2.28. The molecule has 1 unspecified atom stereocenters. The van der Waals surface area contributed by atoms with E-state index in [0.29, 0.717) is 16.3 Å². The van der Waals surface area contributed by atoms with E-state index in [2.05, 4.69) is 5.32 Å². The third kappa shape index (κ3) is 2.81. The standard InChI is InChI=1S/C14H12ClNO2/c15-11-8-4-5-9-12(11)16-13(14(17)18)10-6-2-1-3-7-10/h1-9,13,16H,(H,17,18). The third-order valence-electron chi connectivity index (χ3n) is 2.55. The molecule has 0 aliphatic heterocycles. The summed E-state index contributed by atoms with van der Waals surface area (Å²) in [6.07, 6.45) is 0. The van der Waals surface area contributed by atoms with Gasteiger partial charge in [-0.2, -0.15) is 0 Å². The maximum Gasteiger partial charge on any atom is 0.330 e. The van der Waals surface area contributed by atoms with E-state index in [4.69, 9.17) is 11.6 Å². The molecule has 0 saturated heterocycles. The van der Waals surface area contributed by atoms with Gasteiger partial charge in [0.15, 0.2) is 6.04 Å². The van der Waals surface area contributed by atoms with Gasteiger partial charge in [0, 0.05) is 0 Å². The van der Waals surface area contributed by atoms with Gasteiger partial charge < -0.3 is 10.4 Å². The van der Waals surface area contributed by atoms with Gasteiger partial charge in [-0.1, -0.05) is 54.1 Å². The highest BCUT2D eigenvalue weighted by Gasteiger charge is 2.19. The first-order valence-corrected chi connectivity index (χ1v) is 5.85. The number of aliphatic carboxylic acids is 1. The smallest absolute Gasteiger partial charge is 0.330 e. The number of carbonyl (C=O) groups is 1. The van der Waals surface area contributed by atoms with Gasteiger partial charge in [-0.15, -0.1) is 0 Å². The Kier molecular flexibility index (Phi) is 3.85. The Morgan fingerprint density at radius 1 is 1.06 bits per heavy atom. The fourth-order valence-electron chi connectivity index (χ4n) is 1.67. The lowest BCUT2D eigenvalue weighted by Crippen LogP contribution is -2.20. The zero-order valence-electron chi connectivity index (χ0n) is 9.51. The molecule has 0 heterocycles. The van der Waals surface area contributed by atoms with Crippen molar-refractivity contribution in [2.75, 3.05) is 5.32 Å². The summed E-state index contributed by atoms with van der Waals surface area (Å²) in [6.45, 7) is 0. The summed E-state index contributed by atoms with van der Waals surface area (Å²) in [7, 11) is 0. The van der Waals surface area contributed by atoms with Crippen molar-refractivity contribution in [1.29, 1.82) is 0 Å². The van der Waals surface area contributed by atoms with E-state index in [1.54, 1.807) is 48.5 Å². The van der Waals surface area contributed by atoms with Crippen molar-refractivity contribution in [3.63, 3.8) is 0 Å². The fraction of sp³-hybridized carbons (Fsp3) is 0.0714. The molecule has 0 saturated carbocycles. The van der Waals surface area contributed by atoms with Crippen LogP contribution in [-0.2, 0) is 4.79 Å². The van der Waals surface area contributed by atoms with Crippen molar-refractivity contribution in [2.24, 2.45) is 0 Å². The largest absolute Gasteiger partial charge is 0.479 e. The van der Waals surface area contributed by atoms with Crippen LogP contribution >= 0.6 is 11.6 Å². The number of hydrogen-bond donors (Lipinski definition) is 2. The quantitative estimate of drug-likeness (QED) is 0.884. The number of halogens is 1. The van der Waals surface area contributed by atoms with Crippen LogP contribution in [0.4, 0.5) is 5.69 Å². The van der Waals surface area contributed by atoms with Crippen molar-refractivity contribution in [2.45, 2.75) is 6.04 Å². The summed E-state index contributed by atoms with van der Waals surface area (Å²) in [6, 6.07) is 15.2. The van der Waals surface area contributed by atoms with E-state index < -0.39 is 12.0 Å². The van der Waals surface area contributed by atoms with Crippen LogP contribution in [-0.4, -0.2) is 11.1 Å². The minimum Gasteiger partial charge on any atom is -0.479 e. The lowest BCUT2D eigenvalue weighted by molar-refractivity contribution is -0.138. The summed E-state index contributed by atoms with van der Waals surface area (Å²) in [5.41, 5.74) is 1.29. The molecule has 92 valence electrons. The molecule has 2 rings (SSSR count). The van der Waals surface area contributed by atoms with Crippen LogP contribution in [0.2, 0.25) is 5.02 Å². The lowest BCUT2D eigenvalue weighted by Gasteiger charge is -2.16. The first-order valence-electron chi connectivity index (χ1n) is 5.47. The van der Waals surface area contributed by atoms with Crippen LogP contribution in [0.15, 0.2) is 54.6 Å². The number of hydrogen-bond acceptors (Lipinski definition) is 2. The Bertz CT molecular complexity index is 543. The molecule has 0 spiro atoms. The van der Waals surface area contributed by atoms with Crippen LogP contribution < -0.4 is 5.32 Å². The summed E-state index contributed by atoms with van der Waals surface area (Å²) in [5, 5.41) is 12.7. The minimum atomic E-state index is -0.943. The minimum absolute atomic E-state index is 0.500. The second kappa shape index (κ2) is 5.56. The summed E-state index contributed by atoms with van der Waals surface area (Å²) in [5.74, 6) is -0.943. The van der Waals surface area contributed by atoms with Crippen molar-refractivity contribution >= 4 is 23.3 Å². The van der Waals surface area contributed by atoms with Crippen molar-refractivity contribution in [3.05, 3.63) is 65.2 Å². The molecule has 2 aromatic rings. The maximum absolute atomic E-state index is 11.3. The van der Waals surface area contributed by atoms with E-state index >= 15 is 0 Å². The zero-order valence-corrected chi connectivity index (χ0v) is 10.3. The topological polar surface area (TPSA) is 49.3 Å². The number of carboxylic acid groups (broad SMARTS) is 1. The second-order valence-corrected chi connectivity index (χ2v) is 4.21.